The second-order valence-electron chi connectivity index (χ2n) is 4.64. The molecule has 0 fully saturated rings. The van der Waals surface area contributed by atoms with E-state index in [9.17, 15) is 4.79 Å². The van der Waals surface area contributed by atoms with E-state index in [1.165, 1.54) is 0 Å². The molecule has 0 aliphatic heterocycles. The molecular formula is C12H20N2O2. The lowest BCUT2D eigenvalue weighted by Crippen LogP contribution is -2.54. The van der Waals surface area contributed by atoms with Crippen LogP contribution in [0.1, 0.15) is 37.1 Å². The molecule has 4 nitrogen and oxygen atoms in total. The third-order valence-corrected chi connectivity index (χ3v) is 3.06. The van der Waals surface area contributed by atoms with Crippen molar-refractivity contribution >= 4 is 5.91 Å². The smallest absolute Gasteiger partial charge is 0.287 e. The molecule has 1 aromatic rings. The number of carbonyl (C=O) groups excluding carboxylic acids is 1. The predicted molar refractivity (Wildman–Crippen MR) is 63.2 cm³/mol. The molecule has 90 valence electrons. The Morgan fingerprint density at radius 3 is 2.56 bits per heavy atom. The molecule has 0 radical (unpaired) electrons. The fraction of sp³-hybridized carbons (Fsp3) is 0.583. The molecular weight excluding hydrogens is 204 g/mol. The van der Waals surface area contributed by atoms with Gasteiger partial charge in [-0.15, -0.1) is 0 Å². The van der Waals surface area contributed by atoms with Crippen LogP contribution in [0.4, 0.5) is 0 Å². The molecule has 1 heterocycles. The number of aryl methyl sites for hydroxylation is 1. The molecule has 1 atom stereocenters. The lowest BCUT2D eigenvalue weighted by Gasteiger charge is -2.33. The highest BCUT2D eigenvalue weighted by Gasteiger charge is 2.29. The Bertz CT molecular complexity index is 371. The summed E-state index contributed by atoms with van der Waals surface area (Å²) in [4.78, 5) is 11.9. The Morgan fingerprint density at radius 1 is 1.56 bits per heavy atom. The van der Waals surface area contributed by atoms with Crippen LogP contribution >= 0.6 is 0 Å². The maximum Gasteiger partial charge on any atom is 0.287 e. The number of hydrogen-bond acceptors (Lipinski definition) is 3. The number of furan rings is 1. The van der Waals surface area contributed by atoms with Crippen molar-refractivity contribution in [1.29, 1.82) is 0 Å². The number of carbonyl (C=O) groups is 1. The van der Waals surface area contributed by atoms with E-state index in [2.05, 4.69) is 5.32 Å². The van der Waals surface area contributed by atoms with E-state index in [-0.39, 0.29) is 11.8 Å². The van der Waals surface area contributed by atoms with Crippen LogP contribution in [0.15, 0.2) is 16.5 Å². The van der Waals surface area contributed by atoms with Crippen molar-refractivity contribution < 1.29 is 9.21 Å². The molecule has 1 aromatic heterocycles. The van der Waals surface area contributed by atoms with Gasteiger partial charge in [0, 0.05) is 6.54 Å². The van der Waals surface area contributed by atoms with Crippen LogP contribution in [0, 0.1) is 12.8 Å². The molecule has 0 spiro atoms. The summed E-state index contributed by atoms with van der Waals surface area (Å²) >= 11 is 0. The fourth-order valence-corrected chi connectivity index (χ4v) is 1.31. The van der Waals surface area contributed by atoms with Gasteiger partial charge in [-0.05, 0) is 31.9 Å². The molecule has 0 aliphatic rings. The van der Waals surface area contributed by atoms with Gasteiger partial charge in [-0.3, -0.25) is 4.79 Å². The highest BCUT2D eigenvalue weighted by molar-refractivity contribution is 5.92. The lowest BCUT2D eigenvalue weighted by atomic mass is 9.88. The number of rotatable bonds is 4. The van der Waals surface area contributed by atoms with Gasteiger partial charge in [-0.25, -0.2) is 0 Å². The van der Waals surface area contributed by atoms with Gasteiger partial charge >= 0.3 is 0 Å². The van der Waals surface area contributed by atoms with Crippen LogP contribution < -0.4 is 11.1 Å². The van der Waals surface area contributed by atoms with Crippen LogP contribution in [0.2, 0.25) is 0 Å². The predicted octanol–water partition coefficient (Wildman–Crippen LogP) is 1.69. The molecule has 16 heavy (non-hydrogen) atoms. The van der Waals surface area contributed by atoms with Crippen LogP contribution in [0.3, 0.4) is 0 Å². The average Bonchev–Trinajstić information content (AvgIpc) is 2.64. The summed E-state index contributed by atoms with van der Waals surface area (Å²) in [5.74, 6) is 1.11. The number of amides is 1. The molecule has 1 amide bonds. The van der Waals surface area contributed by atoms with Gasteiger partial charge in [0.2, 0.25) is 0 Å². The standard InChI is InChI=1S/C12H20N2O2/c1-8(2)12(4,7-13)14-11(15)10-6-5-9(3)16-10/h5-6,8H,7,13H2,1-4H3,(H,14,15). The van der Waals surface area contributed by atoms with Gasteiger partial charge in [0.05, 0.1) is 5.54 Å². The van der Waals surface area contributed by atoms with E-state index in [1.807, 2.05) is 20.8 Å². The summed E-state index contributed by atoms with van der Waals surface area (Å²) in [6, 6.07) is 3.44. The quantitative estimate of drug-likeness (QED) is 0.817. The zero-order valence-corrected chi connectivity index (χ0v) is 10.3. The fourth-order valence-electron chi connectivity index (χ4n) is 1.31. The molecule has 3 N–H and O–H groups in total. The first-order valence-electron chi connectivity index (χ1n) is 5.48. The zero-order chi connectivity index (χ0) is 12.3. The summed E-state index contributed by atoms with van der Waals surface area (Å²) in [6.45, 7) is 8.20. The Hall–Kier alpha value is -1.29. The summed E-state index contributed by atoms with van der Waals surface area (Å²) in [5, 5.41) is 2.91. The van der Waals surface area contributed by atoms with E-state index in [0.717, 1.165) is 5.76 Å². The first-order chi connectivity index (χ1) is 7.39. The molecule has 1 rings (SSSR count). The highest BCUT2D eigenvalue weighted by atomic mass is 16.3. The van der Waals surface area contributed by atoms with Crippen molar-refractivity contribution in [3.8, 4) is 0 Å². The molecule has 0 aromatic carbocycles. The lowest BCUT2D eigenvalue weighted by molar-refractivity contribution is 0.0853. The molecule has 4 heteroatoms. The van der Waals surface area contributed by atoms with Crippen LogP contribution in [0.5, 0.6) is 0 Å². The van der Waals surface area contributed by atoms with Gasteiger partial charge in [0.25, 0.3) is 5.91 Å². The molecule has 1 unspecified atom stereocenters. The van der Waals surface area contributed by atoms with Crippen LogP contribution in [0.25, 0.3) is 0 Å². The van der Waals surface area contributed by atoms with Gasteiger partial charge in [0.1, 0.15) is 5.76 Å². The van der Waals surface area contributed by atoms with Gasteiger partial charge in [0.15, 0.2) is 5.76 Å². The molecule has 0 saturated carbocycles. The second-order valence-corrected chi connectivity index (χ2v) is 4.64. The number of nitrogens with two attached hydrogens (primary N) is 1. The maximum atomic E-state index is 11.9. The van der Waals surface area contributed by atoms with E-state index < -0.39 is 5.54 Å². The summed E-state index contributed by atoms with van der Waals surface area (Å²) in [5.41, 5.74) is 5.29. The van der Waals surface area contributed by atoms with E-state index in [0.29, 0.717) is 12.3 Å². The monoisotopic (exact) mass is 224 g/mol. The SMILES string of the molecule is Cc1ccc(C(=O)NC(C)(CN)C(C)C)o1. The molecule has 0 bridgehead atoms. The second kappa shape index (κ2) is 4.70. The summed E-state index contributed by atoms with van der Waals surface area (Å²) in [6.07, 6.45) is 0. The van der Waals surface area contributed by atoms with E-state index >= 15 is 0 Å². The van der Waals surface area contributed by atoms with Crippen LogP contribution in [-0.2, 0) is 0 Å². The molecule has 0 saturated heterocycles. The largest absolute Gasteiger partial charge is 0.456 e. The Balaban J connectivity index is 2.77. The first-order valence-corrected chi connectivity index (χ1v) is 5.48. The minimum atomic E-state index is -0.405. The topological polar surface area (TPSA) is 68.3 Å². The van der Waals surface area contributed by atoms with Gasteiger partial charge in [-0.1, -0.05) is 13.8 Å². The van der Waals surface area contributed by atoms with E-state index in [1.54, 1.807) is 19.1 Å². The Morgan fingerprint density at radius 2 is 2.19 bits per heavy atom. The minimum Gasteiger partial charge on any atom is -0.456 e. The van der Waals surface area contributed by atoms with Crippen molar-refractivity contribution in [1.82, 2.24) is 5.32 Å². The maximum absolute atomic E-state index is 11.9. The van der Waals surface area contributed by atoms with Gasteiger partial charge < -0.3 is 15.5 Å². The third-order valence-electron chi connectivity index (χ3n) is 3.06. The number of nitrogens with one attached hydrogen (secondary N) is 1. The molecule has 0 aliphatic carbocycles. The average molecular weight is 224 g/mol. The third kappa shape index (κ3) is 2.64. The van der Waals surface area contributed by atoms with Crippen molar-refractivity contribution in [2.24, 2.45) is 11.7 Å². The Kier molecular flexibility index (Phi) is 3.75. The highest BCUT2D eigenvalue weighted by Crippen LogP contribution is 2.16. The van der Waals surface area contributed by atoms with Crippen molar-refractivity contribution in [2.45, 2.75) is 33.2 Å². The summed E-state index contributed by atoms with van der Waals surface area (Å²) in [7, 11) is 0. The summed E-state index contributed by atoms with van der Waals surface area (Å²) < 4.78 is 5.26. The van der Waals surface area contributed by atoms with Crippen molar-refractivity contribution in [3.63, 3.8) is 0 Å². The zero-order valence-electron chi connectivity index (χ0n) is 10.3. The Labute approximate surface area is 96.2 Å². The van der Waals surface area contributed by atoms with Crippen molar-refractivity contribution in [3.05, 3.63) is 23.7 Å². The first kappa shape index (κ1) is 12.8. The number of hydrogen-bond donors (Lipinski definition) is 2. The van der Waals surface area contributed by atoms with Crippen molar-refractivity contribution in [2.75, 3.05) is 6.54 Å². The van der Waals surface area contributed by atoms with E-state index in [4.69, 9.17) is 10.2 Å². The normalized spacial score (nSPS) is 14.9. The minimum absolute atomic E-state index is 0.213. The van der Waals surface area contributed by atoms with Crippen LogP contribution in [-0.4, -0.2) is 18.0 Å². The van der Waals surface area contributed by atoms with Gasteiger partial charge in [-0.2, -0.15) is 0 Å².